The van der Waals surface area contributed by atoms with Gasteiger partial charge in [-0.3, -0.25) is 14.8 Å². The molecular weight excluding hydrogens is 732 g/mol. The third-order valence-corrected chi connectivity index (χ3v) is 12.6. The summed E-state index contributed by atoms with van der Waals surface area (Å²) in [7, 11) is 0. The molecule has 9 aromatic rings. The summed E-state index contributed by atoms with van der Waals surface area (Å²) < 4.78 is 0. The minimum Gasteiger partial charge on any atom is -0.311 e. The van der Waals surface area contributed by atoms with Crippen LogP contribution in [0.15, 0.2) is 201 Å². The summed E-state index contributed by atoms with van der Waals surface area (Å²) in [5.41, 5.74) is 18.3. The van der Waals surface area contributed by atoms with Crippen LogP contribution in [0.5, 0.6) is 0 Å². The van der Waals surface area contributed by atoms with Crippen LogP contribution in [0.3, 0.4) is 0 Å². The number of aromatic nitrogens is 3. The number of hydrogen-bond donors (Lipinski definition) is 0. The van der Waals surface area contributed by atoms with E-state index in [0.717, 1.165) is 79.4 Å². The number of pyridine rings is 3. The molecule has 4 aliphatic heterocycles. The highest BCUT2D eigenvalue weighted by molar-refractivity contribution is 7.03. The first-order valence-electron chi connectivity index (χ1n) is 20.4. The first kappa shape index (κ1) is 33.1. The van der Waals surface area contributed by atoms with Crippen LogP contribution in [0, 0.1) is 0 Å². The minimum atomic E-state index is -0.132. The summed E-state index contributed by atoms with van der Waals surface area (Å²) in [5.74, 6) is 1.87. The van der Waals surface area contributed by atoms with Gasteiger partial charge in [0.1, 0.15) is 11.6 Å². The zero-order valence-corrected chi connectivity index (χ0v) is 32.3. The second-order valence-corrected chi connectivity index (χ2v) is 15.6. The molecule has 13 rings (SSSR count). The van der Waals surface area contributed by atoms with Gasteiger partial charge >= 0.3 is 0 Å². The van der Waals surface area contributed by atoms with Crippen LogP contribution in [0.1, 0.15) is 0 Å². The van der Waals surface area contributed by atoms with Gasteiger partial charge in [0.2, 0.25) is 0 Å². The Labute approximate surface area is 348 Å². The number of nitrogens with zero attached hydrogens (tertiary/aromatic N) is 7. The van der Waals surface area contributed by atoms with E-state index in [4.69, 9.17) is 15.0 Å². The SMILES string of the molecule is c1ccc(N2c3cc4c(cc3B3c5cccnc5N(c5ccccc5)c5cccc2c53)B2c3cnccc3N(c3ccccc3)c3ccnc(c32)N4c2ccccc2)cc1. The number of fused-ring (bicyclic) bond motifs is 8. The van der Waals surface area contributed by atoms with Crippen molar-refractivity contribution in [2.45, 2.75) is 0 Å². The first-order chi connectivity index (χ1) is 29.8. The maximum absolute atomic E-state index is 5.27. The van der Waals surface area contributed by atoms with Crippen LogP contribution >= 0.6 is 0 Å². The van der Waals surface area contributed by atoms with Crippen LogP contribution in [-0.2, 0) is 0 Å². The van der Waals surface area contributed by atoms with Gasteiger partial charge in [0.05, 0.1) is 0 Å². The Morgan fingerprint density at radius 3 is 1.47 bits per heavy atom. The quantitative estimate of drug-likeness (QED) is 0.168. The molecule has 0 spiro atoms. The summed E-state index contributed by atoms with van der Waals surface area (Å²) >= 11 is 0. The van der Waals surface area contributed by atoms with Crippen molar-refractivity contribution in [3.05, 3.63) is 201 Å². The summed E-state index contributed by atoms with van der Waals surface area (Å²) in [5, 5.41) is 0. The van der Waals surface area contributed by atoms with E-state index in [-0.39, 0.29) is 13.4 Å². The standard InChI is InChI=1S/C51H33B2N7/c1-5-15-34(16-6-1)57-42-26-29-54-33-41(42)53-40-31-39-46(32-47(40)60(37-21-11-4-12-22-37)51-49(53)45(57)27-30-56-51)58(35-17-7-2-8-18-35)43-24-13-25-44-48(43)52(39)38-23-14-28-55-50(38)59(44)36-19-9-3-10-20-36/h1-33H. The summed E-state index contributed by atoms with van der Waals surface area (Å²) in [6.07, 6.45) is 7.86. The lowest BCUT2D eigenvalue weighted by molar-refractivity contribution is 1.16. The average molecular weight is 765 g/mol. The summed E-state index contributed by atoms with van der Waals surface area (Å²) in [4.78, 5) is 24.8. The molecule has 0 amide bonds. The number of para-hydroxylation sites is 4. The minimum absolute atomic E-state index is 0.0853. The smallest absolute Gasteiger partial charge is 0.256 e. The van der Waals surface area contributed by atoms with Crippen LogP contribution in [0.2, 0.25) is 0 Å². The van der Waals surface area contributed by atoms with Crippen molar-refractivity contribution in [3.63, 3.8) is 0 Å². The van der Waals surface area contributed by atoms with Crippen molar-refractivity contribution >= 4 is 115 Å². The molecule has 0 aliphatic carbocycles. The van der Waals surface area contributed by atoms with E-state index < -0.39 is 0 Å². The van der Waals surface area contributed by atoms with Crippen molar-refractivity contribution in [1.29, 1.82) is 0 Å². The van der Waals surface area contributed by atoms with E-state index in [1.54, 1.807) is 0 Å². The van der Waals surface area contributed by atoms with Crippen molar-refractivity contribution in [2.24, 2.45) is 0 Å². The first-order valence-corrected chi connectivity index (χ1v) is 20.4. The van der Waals surface area contributed by atoms with Gasteiger partial charge in [0, 0.05) is 81.7 Å². The van der Waals surface area contributed by atoms with Crippen molar-refractivity contribution in [1.82, 2.24) is 15.0 Å². The van der Waals surface area contributed by atoms with E-state index in [2.05, 4.69) is 202 Å². The Balaban J connectivity index is 1.14. The Morgan fingerprint density at radius 1 is 0.317 bits per heavy atom. The van der Waals surface area contributed by atoms with Gasteiger partial charge in [0.15, 0.2) is 0 Å². The molecule has 0 radical (unpaired) electrons. The van der Waals surface area contributed by atoms with Gasteiger partial charge < -0.3 is 9.80 Å². The fourth-order valence-corrected chi connectivity index (χ4v) is 10.3. The van der Waals surface area contributed by atoms with Crippen LogP contribution in [0.4, 0.5) is 68.5 Å². The van der Waals surface area contributed by atoms with E-state index in [9.17, 15) is 0 Å². The largest absolute Gasteiger partial charge is 0.311 e. The maximum Gasteiger partial charge on any atom is 0.256 e. The average Bonchev–Trinajstić information content (AvgIpc) is 3.32. The molecule has 278 valence electrons. The second kappa shape index (κ2) is 12.8. The molecule has 0 bridgehead atoms. The lowest BCUT2D eigenvalue weighted by atomic mass is 9.30. The van der Waals surface area contributed by atoms with E-state index in [1.165, 1.54) is 21.9 Å². The molecule has 0 saturated heterocycles. The van der Waals surface area contributed by atoms with E-state index in [0.29, 0.717) is 0 Å². The molecule has 0 atom stereocenters. The molecule has 3 aromatic heterocycles. The zero-order chi connectivity index (χ0) is 39.3. The topological polar surface area (TPSA) is 51.6 Å². The van der Waals surface area contributed by atoms with Gasteiger partial charge in [-0.05, 0) is 118 Å². The fraction of sp³-hybridized carbons (Fsp3) is 0. The zero-order valence-electron chi connectivity index (χ0n) is 32.3. The lowest BCUT2D eigenvalue weighted by Crippen LogP contribution is -2.65. The predicted molar refractivity (Wildman–Crippen MR) is 248 cm³/mol. The Hall–Kier alpha value is -7.90. The number of rotatable bonds is 4. The molecule has 4 aliphatic rings. The number of hydrogen-bond acceptors (Lipinski definition) is 7. The van der Waals surface area contributed by atoms with E-state index in [1.807, 2.05) is 18.6 Å². The van der Waals surface area contributed by atoms with Gasteiger partial charge in [-0.2, -0.15) is 0 Å². The van der Waals surface area contributed by atoms with Crippen LogP contribution < -0.4 is 52.4 Å². The molecule has 6 aromatic carbocycles. The molecule has 60 heavy (non-hydrogen) atoms. The highest BCUT2D eigenvalue weighted by Gasteiger charge is 2.48. The van der Waals surface area contributed by atoms with Crippen molar-refractivity contribution < 1.29 is 0 Å². The maximum atomic E-state index is 5.27. The summed E-state index contributed by atoms with van der Waals surface area (Å²) in [6, 6.07) is 63.1. The molecule has 0 saturated carbocycles. The molecule has 7 nitrogen and oxygen atoms in total. The normalized spacial score (nSPS) is 13.8. The third-order valence-electron chi connectivity index (χ3n) is 12.6. The van der Waals surface area contributed by atoms with Gasteiger partial charge in [-0.1, -0.05) is 91.0 Å². The molecule has 0 N–H and O–H groups in total. The molecular formula is C51H33B2N7. The van der Waals surface area contributed by atoms with E-state index >= 15 is 0 Å². The molecule has 9 heteroatoms. The molecule has 7 heterocycles. The predicted octanol–water partition coefficient (Wildman–Crippen LogP) is 8.04. The highest BCUT2D eigenvalue weighted by atomic mass is 15.2. The van der Waals surface area contributed by atoms with Crippen LogP contribution in [-0.4, -0.2) is 28.4 Å². The second-order valence-electron chi connectivity index (χ2n) is 15.6. The Morgan fingerprint density at radius 2 is 0.817 bits per heavy atom. The Bertz CT molecular complexity index is 2940. The monoisotopic (exact) mass is 765 g/mol. The fourth-order valence-electron chi connectivity index (χ4n) is 10.3. The summed E-state index contributed by atoms with van der Waals surface area (Å²) in [6.45, 7) is -0.218. The number of anilines is 12. The number of benzene rings is 6. The Kier molecular flexibility index (Phi) is 7.06. The van der Waals surface area contributed by atoms with Crippen molar-refractivity contribution in [2.75, 3.05) is 19.6 Å². The van der Waals surface area contributed by atoms with Gasteiger partial charge in [-0.25, -0.2) is 9.97 Å². The molecule has 0 fully saturated rings. The lowest BCUT2D eigenvalue weighted by Gasteiger charge is -2.46. The van der Waals surface area contributed by atoms with Gasteiger partial charge in [-0.15, -0.1) is 0 Å². The highest BCUT2D eigenvalue weighted by Crippen LogP contribution is 2.47. The van der Waals surface area contributed by atoms with Crippen LogP contribution in [0.25, 0.3) is 0 Å². The van der Waals surface area contributed by atoms with Crippen molar-refractivity contribution in [3.8, 4) is 0 Å². The van der Waals surface area contributed by atoms with Gasteiger partial charge in [0.25, 0.3) is 13.4 Å². The molecule has 0 unspecified atom stereocenters. The third kappa shape index (κ3) is 4.60.